The number of rotatable bonds is 2. The second-order valence-corrected chi connectivity index (χ2v) is 2.47. The maximum atomic E-state index is 8.58. The molecule has 4 heteroatoms. The molecule has 3 nitrogen and oxygen atoms in total. The molecule has 1 aromatic heterocycles. The number of aromatic amines is 1. The summed E-state index contributed by atoms with van der Waals surface area (Å²) in [5.41, 5.74) is 1.01. The molecule has 0 fully saturated rings. The Morgan fingerprint density at radius 3 is 3.08 bits per heavy atom. The third kappa shape index (κ3) is 1.06. The van der Waals surface area contributed by atoms with Crippen LogP contribution in [0.4, 0.5) is 0 Å². The molecule has 0 spiro atoms. The summed E-state index contributed by atoms with van der Waals surface area (Å²) in [6, 6.07) is 7.58. The lowest BCUT2D eigenvalue weighted by Gasteiger charge is -2.02. The van der Waals surface area contributed by atoms with E-state index in [9.17, 15) is 0 Å². The number of fused-ring (bicyclic) bond motifs is 1. The van der Waals surface area contributed by atoms with Crippen LogP contribution in [0.25, 0.3) is 10.9 Å². The molecular formula is C8H8BNO2. The molecule has 0 amide bonds. The van der Waals surface area contributed by atoms with Crippen molar-refractivity contribution in [3.63, 3.8) is 0 Å². The molecule has 1 aromatic carbocycles. The van der Waals surface area contributed by atoms with Crippen LogP contribution < -0.4 is 4.65 Å². The zero-order valence-corrected chi connectivity index (χ0v) is 6.45. The van der Waals surface area contributed by atoms with Gasteiger partial charge in [-0.15, -0.1) is 0 Å². The van der Waals surface area contributed by atoms with Crippen molar-refractivity contribution < 1.29 is 9.68 Å². The van der Waals surface area contributed by atoms with Crippen molar-refractivity contribution in [3.8, 4) is 5.75 Å². The van der Waals surface area contributed by atoms with Gasteiger partial charge >= 0.3 is 7.69 Å². The van der Waals surface area contributed by atoms with E-state index in [1.165, 1.54) is 0 Å². The Morgan fingerprint density at radius 1 is 1.33 bits per heavy atom. The largest absolute Gasteiger partial charge is 0.538 e. The van der Waals surface area contributed by atoms with Gasteiger partial charge in [0, 0.05) is 17.1 Å². The maximum absolute atomic E-state index is 8.58. The number of hydrogen-bond acceptors (Lipinski definition) is 2. The van der Waals surface area contributed by atoms with Crippen LogP contribution >= 0.6 is 0 Å². The molecule has 0 unspecified atom stereocenters. The normalized spacial score (nSPS) is 10.1. The quantitative estimate of drug-likeness (QED) is 0.640. The minimum Gasteiger partial charge on any atom is -0.538 e. The highest BCUT2D eigenvalue weighted by Crippen LogP contribution is 2.23. The molecule has 60 valence electrons. The molecule has 0 aliphatic heterocycles. The van der Waals surface area contributed by atoms with Gasteiger partial charge in [-0.05, 0) is 18.2 Å². The number of benzene rings is 1. The van der Waals surface area contributed by atoms with Gasteiger partial charge < -0.3 is 14.7 Å². The number of nitrogens with one attached hydrogen (secondary N) is 1. The van der Waals surface area contributed by atoms with Crippen LogP contribution in [-0.2, 0) is 0 Å². The highest BCUT2D eigenvalue weighted by atomic mass is 16.5. The molecule has 0 radical (unpaired) electrons. The lowest BCUT2D eigenvalue weighted by Crippen LogP contribution is -1.99. The van der Waals surface area contributed by atoms with Crippen molar-refractivity contribution >= 4 is 18.6 Å². The molecule has 0 saturated heterocycles. The van der Waals surface area contributed by atoms with Crippen LogP contribution in [0.5, 0.6) is 5.75 Å². The molecule has 0 bridgehead atoms. The van der Waals surface area contributed by atoms with E-state index in [1.54, 1.807) is 0 Å². The Morgan fingerprint density at radius 2 is 2.25 bits per heavy atom. The Kier molecular flexibility index (Phi) is 1.76. The van der Waals surface area contributed by atoms with E-state index < -0.39 is 0 Å². The zero-order chi connectivity index (χ0) is 8.39. The zero-order valence-electron chi connectivity index (χ0n) is 6.45. The van der Waals surface area contributed by atoms with Crippen LogP contribution in [-0.4, -0.2) is 17.7 Å². The lowest BCUT2D eigenvalue weighted by molar-refractivity contribution is 0.457. The van der Waals surface area contributed by atoms with Gasteiger partial charge in [-0.25, -0.2) is 0 Å². The van der Waals surface area contributed by atoms with E-state index in [2.05, 4.69) is 4.98 Å². The van der Waals surface area contributed by atoms with E-state index in [1.807, 2.05) is 30.5 Å². The molecule has 2 N–H and O–H groups in total. The highest BCUT2D eigenvalue weighted by Gasteiger charge is 2.00. The van der Waals surface area contributed by atoms with Crippen molar-refractivity contribution in [1.82, 2.24) is 4.98 Å². The summed E-state index contributed by atoms with van der Waals surface area (Å²) in [6.07, 6.45) is 1.84. The SMILES string of the molecule is OBOc1cccc2[nH]ccc12. The highest BCUT2D eigenvalue weighted by molar-refractivity contribution is 6.18. The van der Waals surface area contributed by atoms with Gasteiger partial charge in [0.25, 0.3) is 0 Å². The Balaban J connectivity index is 2.57. The fourth-order valence-corrected chi connectivity index (χ4v) is 1.25. The molecule has 2 aromatic rings. The van der Waals surface area contributed by atoms with E-state index in [-0.39, 0.29) is 7.69 Å². The lowest BCUT2D eigenvalue weighted by atomic mass is 10.2. The third-order valence-corrected chi connectivity index (χ3v) is 1.78. The summed E-state index contributed by atoms with van der Waals surface area (Å²) in [7, 11) is -0.287. The van der Waals surface area contributed by atoms with Gasteiger partial charge in [-0.2, -0.15) is 0 Å². The summed E-state index contributed by atoms with van der Waals surface area (Å²) in [5.74, 6) is 0.705. The molecule has 12 heavy (non-hydrogen) atoms. The summed E-state index contributed by atoms with van der Waals surface area (Å²) in [4.78, 5) is 3.06. The van der Waals surface area contributed by atoms with Crippen LogP contribution in [0.3, 0.4) is 0 Å². The van der Waals surface area contributed by atoms with E-state index >= 15 is 0 Å². The first-order valence-electron chi connectivity index (χ1n) is 3.71. The first kappa shape index (κ1) is 7.25. The molecule has 2 rings (SSSR count). The average molecular weight is 161 g/mol. The van der Waals surface area contributed by atoms with Crippen molar-refractivity contribution in [3.05, 3.63) is 30.5 Å². The first-order chi connectivity index (χ1) is 5.92. The van der Waals surface area contributed by atoms with Crippen LogP contribution in [0.15, 0.2) is 30.5 Å². The van der Waals surface area contributed by atoms with Gasteiger partial charge in [0.15, 0.2) is 0 Å². The molecule has 0 aliphatic carbocycles. The second-order valence-electron chi connectivity index (χ2n) is 2.47. The van der Waals surface area contributed by atoms with Crippen LogP contribution in [0.2, 0.25) is 0 Å². The Hall–Kier alpha value is -1.42. The molecule has 0 atom stereocenters. The minimum atomic E-state index is -0.287. The second kappa shape index (κ2) is 2.91. The fraction of sp³-hybridized carbons (Fsp3) is 0. The molecular weight excluding hydrogens is 153 g/mol. The van der Waals surface area contributed by atoms with E-state index in [0.717, 1.165) is 10.9 Å². The summed E-state index contributed by atoms with van der Waals surface area (Å²) >= 11 is 0. The topological polar surface area (TPSA) is 45.2 Å². The van der Waals surface area contributed by atoms with Gasteiger partial charge in [0.2, 0.25) is 0 Å². The summed E-state index contributed by atoms with van der Waals surface area (Å²) < 4.78 is 5.01. The molecule has 0 aliphatic rings. The average Bonchev–Trinajstić information content (AvgIpc) is 2.53. The van der Waals surface area contributed by atoms with Crippen molar-refractivity contribution in [2.75, 3.05) is 0 Å². The van der Waals surface area contributed by atoms with Crippen molar-refractivity contribution in [2.45, 2.75) is 0 Å². The van der Waals surface area contributed by atoms with Gasteiger partial charge in [-0.1, -0.05) is 6.07 Å². The standard InChI is InChI=1S/C8H8BNO2/c11-9-12-8-3-1-2-7-6(8)4-5-10-7/h1-5,9-11H. The number of H-pyrrole nitrogens is 1. The van der Waals surface area contributed by atoms with Crippen LogP contribution in [0.1, 0.15) is 0 Å². The van der Waals surface area contributed by atoms with Gasteiger partial charge in [0.05, 0.1) is 0 Å². The monoisotopic (exact) mass is 161 g/mol. The first-order valence-corrected chi connectivity index (χ1v) is 3.71. The number of hydrogen-bond donors (Lipinski definition) is 2. The van der Waals surface area contributed by atoms with E-state index in [4.69, 9.17) is 9.68 Å². The molecule has 1 heterocycles. The maximum Gasteiger partial charge on any atom is 0.504 e. The smallest absolute Gasteiger partial charge is 0.504 e. The predicted molar refractivity (Wildman–Crippen MR) is 48.3 cm³/mol. The fourth-order valence-electron chi connectivity index (χ4n) is 1.25. The predicted octanol–water partition coefficient (Wildman–Crippen LogP) is 0.806. The summed E-state index contributed by atoms with van der Waals surface area (Å²) in [5, 5.41) is 9.58. The van der Waals surface area contributed by atoms with Crippen molar-refractivity contribution in [1.29, 1.82) is 0 Å². The Labute approximate surface area is 70.3 Å². The van der Waals surface area contributed by atoms with Gasteiger partial charge in [0.1, 0.15) is 5.75 Å². The summed E-state index contributed by atoms with van der Waals surface area (Å²) in [6.45, 7) is 0. The third-order valence-electron chi connectivity index (χ3n) is 1.78. The minimum absolute atomic E-state index is 0.287. The van der Waals surface area contributed by atoms with Gasteiger partial charge in [-0.3, -0.25) is 0 Å². The van der Waals surface area contributed by atoms with Crippen molar-refractivity contribution in [2.24, 2.45) is 0 Å². The molecule has 0 saturated carbocycles. The van der Waals surface area contributed by atoms with E-state index in [0.29, 0.717) is 5.75 Å². The number of aromatic nitrogens is 1. The van der Waals surface area contributed by atoms with Crippen LogP contribution in [0, 0.1) is 0 Å². The Bertz CT molecular complexity index is 385.